The number of aliphatic hydroxyl groups excluding tert-OH is 1. The van der Waals surface area contributed by atoms with Gasteiger partial charge in [0.2, 0.25) is 0 Å². The summed E-state index contributed by atoms with van der Waals surface area (Å²) in [7, 11) is -1.78. The maximum absolute atomic E-state index is 9.92. The minimum absolute atomic E-state index is 0.210. The molecule has 0 spiro atoms. The van der Waals surface area contributed by atoms with E-state index in [1.54, 1.807) is 0 Å². The molecule has 2 atom stereocenters. The van der Waals surface area contributed by atoms with Crippen molar-refractivity contribution < 1.29 is 9.53 Å². The van der Waals surface area contributed by atoms with Gasteiger partial charge in [-0.15, -0.1) is 0 Å². The van der Waals surface area contributed by atoms with Crippen LogP contribution in [0.3, 0.4) is 0 Å². The van der Waals surface area contributed by atoms with Gasteiger partial charge in [0, 0.05) is 25.2 Å². The highest BCUT2D eigenvalue weighted by Crippen LogP contribution is 2.42. The normalized spacial score (nSPS) is 20.9. The molecular formula is C25H43NO2Si. The van der Waals surface area contributed by atoms with Crippen molar-refractivity contribution in [3.63, 3.8) is 0 Å². The van der Waals surface area contributed by atoms with Crippen LogP contribution in [0.15, 0.2) is 42.5 Å². The molecule has 164 valence electrons. The van der Waals surface area contributed by atoms with Crippen molar-refractivity contribution >= 4 is 8.32 Å². The van der Waals surface area contributed by atoms with E-state index >= 15 is 0 Å². The minimum Gasteiger partial charge on any atom is -0.416 e. The molecular weight excluding hydrogens is 374 g/mol. The van der Waals surface area contributed by atoms with Crippen LogP contribution in [0.25, 0.3) is 0 Å². The van der Waals surface area contributed by atoms with Crippen LogP contribution in [0, 0.1) is 0 Å². The molecule has 1 heterocycles. The van der Waals surface area contributed by atoms with E-state index < -0.39 is 8.32 Å². The van der Waals surface area contributed by atoms with Crippen molar-refractivity contribution in [3.8, 4) is 0 Å². The molecule has 1 aliphatic rings. The summed E-state index contributed by atoms with van der Waals surface area (Å²) in [4.78, 5) is 2.48. The third-order valence-electron chi connectivity index (χ3n) is 6.78. The number of rotatable bonds is 11. The van der Waals surface area contributed by atoms with E-state index in [0.29, 0.717) is 22.7 Å². The molecule has 1 aliphatic heterocycles. The van der Waals surface area contributed by atoms with Gasteiger partial charge in [0.25, 0.3) is 0 Å². The van der Waals surface area contributed by atoms with Crippen molar-refractivity contribution in [3.05, 3.63) is 48.0 Å². The van der Waals surface area contributed by atoms with E-state index in [1.807, 2.05) is 0 Å². The van der Waals surface area contributed by atoms with Crippen molar-refractivity contribution in [1.82, 2.24) is 4.90 Å². The van der Waals surface area contributed by atoms with Gasteiger partial charge in [-0.2, -0.15) is 0 Å². The maximum atomic E-state index is 9.92. The van der Waals surface area contributed by atoms with Gasteiger partial charge in [-0.05, 0) is 41.4 Å². The number of aliphatic hydroxyl groups is 1. The SMILES string of the molecule is CC(C)[Si](OCCC[C@H]1C=CC[C@@H](CO)N1Cc1ccccc1)(C(C)C)C(C)C. The number of hydrogen-bond acceptors (Lipinski definition) is 3. The second kappa shape index (κ2) is 11.4. The van der Waals surface area contributed by atoms with Gasteiger partial charge < -0.3 is 9.53 Å². The molecule has 0 aliphatic carbocycles. The predicted molar refractivity (Wildman–Crippen MR) is 127 cm³/mol. The van der Waals surface area contributed by atoms with Crippen molar-refractivity contribution in [2.45, 2.75) is 96.1 Å². The molecule has 0 saturated heterocycles. The number of benzene rings is 1. The van der Waals surface area contributed by atoms with Crippen LogP contribution in [-0.4, -0.2) is 43.6 Å². The fourth-order valence-corrected chi connectivity index (χ4v) is 10.9. The highest BCUT2D eigenvalue weighted by molar-refractivity contribution is 6.77. The highest BCUT2D eigenvalue weighted by Gasteiger charge is 2.44. The average molecular weight is 418 g/mol. The molecule has 0 bridgehead atoms. The van der Waals surface area contributed by atoms with Gasteiger partial charge in [-0.1, -0.05) is 84.0 Å². The van der Waals surface area contributed by atoms with Gasteiger partial charge >= 0.3 is 0 Å². The Bertz CT molecular complexity index is 593. The van der Waals surface area contributed by atoms with Crippen molar-refractivity contribution in [1.29, 1.82) is 0 Å². The van der Waals surface area contributed by atoms with E-state index in [9.17, 15) is 5.11 Å². The fraction of sp³-hybridized carbons (Fsp3) is 0.680. The van der Waals surface area contributed by atoms with E-state index in [1.165, 1.54) is 5.56 Å². The maximum Gasteiger partial charge on any atom is 0.200 e. The quantitative estimate of drug-likeness (QED) is 0.266. The van der Waals surface area contributed by atoms with E-state index in [0.717, 1.165) is 32.4 Å². The Morgan fingerprint density at radius 3 is 2.21 bits per heavy atom. The second-order valence-electron chi connectivity index (χ2n) is 9.53. The standard InChI is InChI=1S/C25H43NO2Si/c1-20(2)29(21(3)4,22(5)6)28-17-11-16-24-14-10-15-25(19-27)26(24)18-23-12-8-7-9-13-23/h7-10,12-14,20-22,24-25,27H,11,15-19H2,1-6H3/t24-,25+/m1/s1. The molecule has 0 fully saturated rings. The molecule has 1 aromatic rings. The Morgan fingerprint density at radius 1 is 1.03 bits per heavy atom. The molecule has 1 N–H and O–H groups in total. The third kappa shape index (κ3) is 6.03. The zero-order valence-corrected chi connectivity index (χ0v) is 20.5. The van der Waals surface area contributed by atoms with Crippen LogP contribution in [0.4, 0.5) is 0 Å². The Kier molecular flexibility index (Phi) is 9.60. The Labute approximate surface area is 180 Å². The average Bonchev–Trinajstić information content (AvgIpc) is 2.68. The molecule has 0 unspecified atom stereocenters. The predicted octanol–water partition coefficient (Wildman–Crippen LogP) is 6.15. The molecule has 0 radical (unpaired) electrons. The summed E-state index contributed by atoms with van der Waals surface area (Å²) in [6.07, 6.45) is 7.68. The summed E-state index contributed by atoms with van der Waals surface area (Å²) < 4.78 is 6.76. The third-order valence-corrected chi connectivity index (χ3v) is 12.9. The Balaban J connectivity index is 1.99. The van der Waals surface area contributed by atoms with Gasteiger partial charge in [0.15, 0.2) is 8.32 Å². The summed E-state index contributed by atoms with van der Waals surface area (Å²) in [6.45, 7) is 16.1. The minimum atomic E-state index is -1.78. The molecule has 29 heavy (non-hydrogen) atoms. The second-order valence-corrected chi connectivity index (χ2v) is 15.0. The first-order chi connectivity index (χ1) is 13.8. The van der Waals surface area contributed by atoms with E-state index in [-0.39, 0.29) is 12.6 Å². The van der Waals surface area contributed by atoms with Crippen LogP contribution in [0.2, 0.25) is 16.6 Å². The smallest absolute Gasteiger partial charge is 0.200 e. The van der Waals surface area contributed by atoms with Gasteiger partial charge in [-0.25, -0.2) is 0 Å². The van der Waals surface area contributed by atoms with Gasteiger partial charge in [-0.3, -0.25) is 4.90 Å². The topological polar surface area (TPSA) is 32.7 Å². The summed E-state index contributed by atoms with van der Waals surface area (Å²) >= 11 is 0. The number of hydrogen-bond donors (Lipinski definition) is 1. The lowest BCUT2D eigenvalue weighted by Crippen LogP contribution is -2.48. The summed E-state index contributed by atoms with van der Waals surface area (Å²) in [5, 5.41) is 9.92. The monoisotopic (exact) mass is 417 g/mol. The molecule has 2 rings (SSSR count). The number of nitrogens with zero attached hydrogens (tertiary/aromatic N) is 1. The Morgan fingerprint density at radius 2 is 1.66 bits per heavy atom. The molecule has 0 saturated carbocycles. The van der Waals surface area contributed by atoms with Crippen LogP contribution in [0.5, 0.6) is 0 Å². The zero-order chi connectivity index (χ0) is 21.4. The first-order valence-electron chi connectivity index (χ1n) is 11.5. The zero-order valence-electron chi connectivity index (χ0n) is 19.5. The summed E-state index contributed by atoms with van der Waals surface area (Å²) in [6, 6.07) is 11.2. The highest BCUT2D eigenvalue weighted by atomic mass is 28.4. The largest absolute Gasteiger partial charge is 0.416 e. The molecule has 0 amide bonds. The van der Waals surface area contributed by atoms with Gasteiger partial charge in [0.1, 0.15) is 0 Å². The molecule has 3 nitrogen and oxygen atoms in total. The van der Waals surface area contributed by atoms with Gasteiger partial charge in [0.05, 0.1) is 6.61 Å². The van der Waals surface area contributed by atoms with E-state index in [2.05, 4.69) is 88.9 Å². The van der Waals surface area contributed by atoms with Crippen LogP contribution in [-0.2, 0) is 11.0 Å². The van der Waals surface area contributed by atoms with Crippen molar-refractivity contribution in [2.75, 3.05) is 13.2 Å². The van der Waals surface area contributed by atoms with E-state index in [4.69, 9.17) is 4.43 Å². The summed E-state index contributed by atoms with van der Waals surface area (Å²) in [5.74, 6) is 0. The Hall–Kier alpha value is -0.943. The molecule has 0 aromatic heterocycles. The first kappa shape index (κ1) is 24.3. The molecule has 1 aromatic carbocycles. The lowest BCUT2D eigenvalue weighted by atomic mass is 9.98. The van der Waals surface area contributed by atoms with Crippen molar-refractivity contribution in [2.24, 2.45) is 0 Å². The van der Waals surface area contributed by atoms with Crippen LogP contribution >= 0.6 is 0 Å². The lowest BCUT2D eigenvalue weighted by Gasteiger charge is -2.42. The first-order valence-corrected chi connectivity index (χ1v) is 13.7. The van der Waals surface area contributed by atoms with Crippen LogP contribution < -0.4 is 0 Å². The molecule has 4 heteroatoms. The lowest BCUT2D eigenvalue weighted by molar-refractivity contribution is 0.0799. The summed E-state index contributed by atoms with van der Waals surface area (Å²) in [5.41, 5.74) is 3.20. The van der Waals surface area contributed by atoms with Crippen LogP contribution in [0.1, 0.15) is 66.4 Å². The fourth-order valence-electron chi connectivity index (χ4n) is 5.43.